The van der Waals surface area contributed by atoms with Crippen LogP contribution in [-0.4, -0.2) is 53.2 Å². The number of nitrogens with two attached hydrogens (primary N) is 1. The molecule has 0 fully saturated rings. The van der Waals surface area contributed by atoms with Gasteiger partial charge in [-0.25, -0.2) is 0 Å². The van der Waals surface area contributed by atoms with Crippen molar-refractivity contribution in [3.63, 3.8) is 0 Å². The highest BCUT2D eigenvalue weighted by Crippen LogP contribution is 2.18. The molecule has 1 aromatic rings. The number of likely N-dealkylation sites (N-methyl/N-ethyl adjacent to an activating group) is 1. The van der Waals surface area contributed by atoms with E-state index in [4.69, 9.17) is 19.9 Å². The highest BCUT2D eigenvalue weighted by atomic mass is 16.5. The Morgan fingerprint density at radius 3 is 2.28 bits per heavy atom. The van der Waals surface area contributed by atoms with Crippen molar-refractivity contribution in [3.05, 3.63) is 42.5 Å². The summed E-state index contributed by atoms with van der Waals surface area (Å²) in [7, 11) is 1.90. The quantitative estimate of drug-likeness (QED) is 0.446. The van der Waals surface area contributed by atoms with Crippen LogP contribution in [0.2, 0.25) is 0 Å². The maximum Gasteiger partial charge on any atom is 0.122 e. The van der Waals surface area contributed by atoms with E-state index in [1.807, 2.05) is 52.1 Å². The SMILES string of the molecule is C=CCc1ccccc1OCC.CC.CNCCOCCOCCN. The zero-order chi connectivity index (χ0) is 19.2. The number of allylic oxidation sites excluding steroid dienone is 1. The van der Waals surface area contributed by atoms with Gasteiger partial charge in [-0.1, -0.05) is 38.1 Å². The van der Waals surface area contributed by atoms with Crippen molar-refractivity contribution >= 4 is 0 Å². The second-order valence-corrected chi connectivity index (χ2v) is 4.65. The van der Waals surface area contributed by atoms with Gasteiger partial charge >= 0.3 is 0 Å². The average Bonchev–Trinajstić information content (AvgIpc) is 2.65. The first-order valence-electron chi connectivity index (χ1n) is 9.11. The standard InChI is InChI=1S/C11H14O.C7H18N2O2.C2H6/c1-3-7-10-8-5-6-9-11(10)12-4-2;1-9-3-5-11-7-6-10-4-2-8;1-2/h3,5-6,8-9H,1,4,7H2,2H3;9H,2-8H2,1H3;1-2H3. The first kappa shape index (κ1) is 25.8. The van der Waals surface area contributed by atoms with Crippen molar-refractivity contribution in [2.75, 3.05) is 53.2 Å². The van der Waals surface area contributed by atoms with Crippen molar-refractivity contribution in [3.8, 4) is 5.75 Å². The van der Waals surface area contributed by atoms with E-state index in [0.29, 0.717) is 33.0 Å². The van der Waals surface area contributed by atoms with Crippen molar-refractivity contribution in [2.45, 2.75) is 27.2 Å². The molecule has 0 saturated carbocycles. The van der Waals surface area contributed by atoms with Crippen molar-refractivity contribution in [2.24, 2.45) is 5.73 Å². The second-order valence-electron chi connectivity index (χ2n) is 4.65. The third-order valence-electron chi connectivity index (χ3n) is 2.77. The van der Waals surface area contributed by atoms with Gasteiger partial charge in [0.15, 0.2) is 0 Å². The predicted octanol–water partition coefficient (Wildman–Crippen LogP) is 3.04. The molecule has 0 spiro atoms. The summed E-state index contributed by atoms with van der Waals surface area (Å²) in [6, 6.07) is 8.05. The normalized spacial score (nSPS) is 9.32. The lowest BCUT2D eigenvalue weighted by atomic mass is 10.1. The molecule has 0 bridgehead atoms. The van der Waals surface area contributed by atoms with E-state index in [2.05, 4.69) is 18.0 Å². The van der Waals surface area contributed by atoms with Crippen molar-refractivity contribution < 1.29 is 14.2 Å². The minimum atomic E-state index is 0.580. The minimum Gasteiger partial charge on any atom is -0.494 e. The van der Waals surface area contributed by atoms with E-state index < -0.39 is 0 Å². The van der Waals surface area contributed by atoms with Crippen molar-refractivity contribution in [1.82, 2.24) is 5.32 Å². The second kappa shape index (κ2) is 22.6. The van der Waals surface area contributed by atoms with Crippen LogP contribution in [-0.2, 0) is 15.9 Å². The molecule has 1 rings (SSSR count). The van der Waals surface area contributed by atoms with Crippen LogP contribution < -0.4 is 15.8 Å². The lowest BCUT2D eigenvalue weighted by molar-refractivity contribution is 0.0523. The summed E-state index contributed by atoms with van der Waals surface area (Å²) in [6.45, 7) is 14.5. The number of nitrogens with one attached hydrogen (secondary N) is 1. The fourth-order valence-corrected chi connectivity index (χ4v) is 1.70. The van der Waals surface area contributed by atoms with E-state index >= 15 is 0 Å². The molecule has 1 aromatic carbocycles. The summed E-state index contributed by atoms with van der Waals surface area (Å²) < 4.78 is 15.7. The lowest BCUT2D eigenvalue weighted by Crippen LogP contribution is -2.17. The molecule has 0 atom stereocenters. The van der Waals surface area contributed by atoms with Gasteiger partial charge in [-0.2, -0.15) is 0 Å². The van der Waals surface area contributed by atoms with E-state index in [-0.39, 0.29) is 0 Å². The van der Waals surface area contributed by atoms with Gasteiger partial charge in [-0.05, 0) is 32.0 Å². The zero-order valence-corrected chi connectivity index (χ0v) is 16.6. The van der Waals surface area contributed by atoms with Gasteiger partial charge in [0, 0.05) is 13.1 Å². The van der Waals surface area contributed by atoms with Gasteiger partial charge in [-0.15, -0.1) is 6.58 Å². The molecule has 3 N–H and O–H groups in total. The summed E-state index contributed by atoms with van der Waals surface area (Å²) in [5, 5.41) is 2.98. The summed E-state index contributed by atoms with van der Waals surface area (Å²) in [5.41, 5.74) is 6.42. The monoisotopic (exact) mass is 354 g/mol. The highest BCUT2D eigenvalue weighted by molar-refractivity contribution is 5.34. The Morgan fingerprint density at radius 1 is 1.08 bits per heavy atom. The van der Waals surface area contributed by atoms with E-state index in [0.717, 1.165) is 25.3 Å². The number of hydrogen-bond donors (Lipinski definition) is 2. The Morgan fingerprint density at radius 2 is 1.72 bits per heavy atom. The van der Waals surface area contributed by atoms with E-state index in [1.54, 1.807) is 0 Å². The first-order valence-corrected chi connectivity index (χ1v) is 9.11. The Kier molecular flexibility index (Phi) is 23.4. The molecule has 146 valence electrons. The largest absolute Gasteiger partial charge is 0.494 e. The third kappa shape index (κ3) is 17.2. The molecule has 0 aliphatic rings. The number of benzene rings is 1. The Labute approximate surface area is 154 Å². The van der Waals surface area contributed by atoms with Crippen LogP contribution in [0.3, 0.4) is 0 Å². The molecular formula is C20H38N2O3. The molecule has 0 aromatic heterocycles. The van der Waals surface area contributed by atoms with Gasteiger partial charge in [0.05, 0.1) is 33.0 Å². The third-order valence-corrected chi connectivity index (χ3v) is 2.77. The van der Waals surface area contributed by atoms with Gasteiger partial charge in [-0.3, -0.25) is 0 Å². The summed E-state index contributed by atoms with van der Waals surface area (Å²) in [4.78, 5) is 0. The van der Waals surface area contributed by atoms with Crippen LogP contribution >= 0.6 is 0 Å². The predicted molar refractivity (Wildman–Crippen MR) is 107 cm³/mol. The molecule has 5 nitrogen and oxygen atoms in total. The number of hydrogen-bond acceptors (Lipinski definition) is 5. The van der Waals surface area contributed by atoms with Gasteiger partial charge < -0.3 is 25.3 Å². The average molecular weight is 355 g/mol. The number of para-hydroxylation sites is 1. The topological polar surface area (TPSA) is 65.7 Å². The van der Waals surface area contributed by atoms with Gasteiger partial charge in [0.25, 0.3) is 0 Å². The van der Waals surface area contributed by atoms with Gasteiger partial charge in [0.2, 0.25) is 0 Å². The molecule has 0 unspecified atom stereocenters. The molecular weight excluding hydrogens is 316 g/mol. The number of ether oxygens (including phenoxy) is 3. The minimum absolute atomic E-state index is 0.580. The maximum atomic E-state index is 5.44. The number of rotatable bonds is 12. The Balaban J connectivity index is 0. The summed E-state index contributed by atoms with van der Waals surface area (Å²) >= 11 is 0. The smallest absolute Gasteiger partial charge is 0.122 e. The van der Waals surface area contributed by atoms with E-state index in [9.17, 15) is 0 Å². The van der Waals surface area contributed by atoms with Crippen LogP contribution in [0.25, 0.3) is 0 Å². The molecule has 0 radical (unpaired) electrons. The first-order chi connectivity index (χ1) is 12.3. The van der Waals surface area contributed by atoms with Crippen LogP contribution in [0, 0.1) is 0 Å². The highest BCUT2D eigenvalue weighted by Gasteiger charge is 1.98. The molecule has 0 amide bonds. The summed E-state index contributed by atoms with van der Waals surface area (Å²) in [6.07, 6.45) is 2.76. The molecule has 0 heterocycles. The fraction of sp³-hybridized carbons (Fsp3) is 0.600. The van der Waals surface area contributed by atoms with Crippen molar-refractivity contribution in [1.29, 1.82) is 0 Å². The molecule has 0 aliphatic heterocycles. The Hall–Kier alpha value is -1.40. The van der Waals surface area contributed by atoms with Crippen LogP contribution in [0.1, 0.15) is 26.3 Å². The molecule has 0 aliphatic carbocycles. The lowest BCUT2D eigenvalue weighted by Gasteiger charge is -2.07. The van der Waals surface area contributed by atoms with Gasteiger partial charge in [0.1, 0.15) is 5.75 Å². The maximum absolute atomic E-state index is 5.44. The van der Waals surface area contributed by atoms with Crippen LogP contribution in [0.15, 0.2) is 36.9 Å². The molecule has 5 heteroatoms. The molecule has 25 heavy (non-hydrogen) atoms. The summed E-state index contributed by atoms with van der Waals surface area (Å²) in [5.74, 6) is 0.972. The van der Waals surface area contributed by atoms with E-state index in [1.165, 1.54) is 5.56 Å². The fourth-order valence-electron chi connectivity index (χ4n) is 1.70. The zero-order valence-electron chi connectivity index (χ0n) is 16.6. The van der Waals surface area contributed by atoms with Crippen LogP contribution in [0.4, 0.5) is 0 Å². The molecule has 0 saturated heterocycles. The Bertz CT molecular complexity index is 379. The van der Waals surface area contributed by atoms with Crippen LogP contribution in [0.5, 0.6) is 5.75 Å².